The van der Waals surface area contributed by atoms with E-state index in [0.717, 1.165) is 37.7 Å². The largest absolute Gasteiger partial charge is 0.465 e. The lowest BCUT2D eigenvalue weighted by Crippen LogP contribution is -2.18. The van der Waals surface area contributed by atoms with Gasteiger partial charge in [-0.15, -0.1) is 11.3 Å². The van der Waals surface area contributed by atoms with Gasteiger partial charge < -0.3 is 9.73 Å². The third-order valence-electron chi connectivity index (χ3n) is 3.37. The Morgan fingerprint density at radius 2 is 2.14 bits per heavy atom. The van der Waals surface area contributed by atoms with Gasteiger partial charge in [-0.1, -0.05) is 19.9 Å². The number of furan rings is 1. The van der Waals surface area contributed by atoms with Crippen molar-refractivity contribution >= 4 is 11.3 Å². The maximum atomic E-state index is 5.85. The van der Waals surface area contributed by atoms with Gasteiger partial charge in [-0.25, -0.2) is 0 Å². The van der Waals surface area contributed by atoms with E-state index in [1.165, 1.54) is 10.4 Å². The average Bonchev–Trinajstić information content (AvgIpc) is 3.00. The normalized spacial score (nSPS) is 11.7. The summed E-state index contributed by atoms with van der Waals surface area (Å²) in [5, 5.41) is 5.56. The molecule has 0 aromatic carbocycles. The van der Waals surface area contributed by atoms with Gasteiger partial charge in [0.25, 0.3) is 0 Å². The standard InChI is InChI=1S/C17H26N2OS/c1-13(2)9-18-10-16-8-15(14(3)20-16)11-19(4)12-17-6-5-7-21-17/h5-8,13,18H,9-12H2,1-4H3. The molecule has 2 aromatic heterocycles. The lowest BCUT2D eigenvalue weighted by Gasteiger charge is -2.14. The predicted octanol–water partition coefficient (Wildman–Crippen LogP) is 4.03. The first-order valence-corrected chi connectivity index (χ1v) is 8.42. The first-order chi connectivity index (χ1) is 10.0. The summed E-state index contributed by atoms with van der Waals surface area (Å²) in [7, 11) is 2.16. The number of rotatable bonds is 8. The summed E-state index contributed by atoms with van der Waals surface area (Å²) in [5.74, 6) is 2.74. The van der Waals surface area contributed by atoms with Crippen molar-refractivity contribution in [2.45, 2.75) is 40.4 Å². The maximum Gasteiger partial charge on any atom is 0.118 e. The highest BCUT2D eigenvalue weighted by Gasteiger charge is 2.10. The number of hydrogen-bond acceptors (Lipinski definition) is 4. The molecule has 0 fully saturated rings. The average molecular weight is 306 g/mol. The minimum atomic E-state index is 0.664. The molecule has 4 heteroatoms. The first kappa shape index (κ1) is 16.3. The molecular formula is C17H26N2OS. The van der Waals surface area contributed by atoms with Crippen molar-refractivity contribution < 1.29 is 4.42 Å². The highest BCUT2D eigenvalue weighted by atomic mass is 32.1. The van der Waals surface area contributed by atoms with Crippen LogP contribution >= 0.6 is 11.3 Å². The number of aryl methyl sites for hydroxylation is 1. The molecule has 3 nitrogen and oxygen atoms in total. The maximum absolute atomic E-state index is 5.85. The topological polar surface area (TPSA) is 28.4 Å². The van der Waals surface area contributed by atoms with Crippen LogP contribution in [0.15, 0.2) is 28.0 Å². The van der Waals surface area contributed by atoms with Gasteiger partial charge in [0.2, 0.25) is 0 Å². The Balaban J connectivity index is 1.86. The number of nitrogens with one attached hydrogen (secondary N) is 1. The Bertz CT molecular complexity index is 531. The molecule has 0 aliphatic carbocycles. The van der Waals surface area contributed by atoms with E-state index in [1.54, 1.807) is 0 Å². The molecule has 0 radical (unpaired) electrons. The molecule has 0 bridgehead atoms. The summed E-state index contributed by atoms with van der Waals surface area (Å²) in [6.07, 6.45) is 0. The zero-order valence-corrected chi connectivity index (χ0v) is 14.3. The molecule has 2 rings (SSSR count). The Morgan fingerprint density at radius 3 is 2.81 bits per heavy atom. The molecule has 1 N–H and O–H groups in total. The highest BCUT2D eigenvalue weighted by molar-refractivity contribution is 7.09. The third kappa shape index (κ3) is 5.30. The Kier molecular flexibility index (Phi) is 6.03. The Labute approximate surface area is 132 Å². The van der Waals surface area contributed by atoms with Gasteiger partial charge in [0.05, 0.1) is 6.54 Å². The molecule has 0 aliphatic rings. The van der Waals surface area contributed by atoms with Gasteiger partial charge in [0, 0.05) is 23.5 Å². The fraction of sp³-hybridized carbons (Fsp3) is 0.529. The smallest absolute Gasteiger partial charge is 0.118 e. The summed E-state index contributed by atoms with van der Waals surface area (Å²) < 4.78 is 5.85. The fourth-order valence-electron chi connectivity index (χ4n) is 2.33. The monoisotopic (exact) mass is 306 g/mol. The van der Waals surface area contributed by atoms with E-state index in [-0.39, 0.29) is 0 Å². The zero-order valence-electron chi connectivity index (χ0n) is 13.5. The van der Waals surface area contributed by atoms with Crippen molar-refractivity contribution in [3.05, 3.63) is 45.5 Å². The van der Waals surface area contributed by atoms with Gasteiger partial charge in [-0.05, 0) is 43.9 Å². The second kappa shape index (κ2) is 7.78. The molecule has 0 saturated carbocycles. The van der Waals surface area contributed by atoms with Crippen LogP contribution in [-0.4, -0.2) is 18.5 Å². The zero-order chi connectivity index (χ0) is 15.2. The summed E-state index contributed by atoms with van der Waals surface area (Å²) in [6.45, 7) is 10.2. The molecule has 0 amide bonds. The predicted molar refractivity (Wildman–Crippen MR) is 89.5 cm³/mol. The summed E-state index contributed by atoms with van der Waals surface area (Å²) >= 11 is 1.81. The molecular weight excluding hydrogens is 280 g/mol. The van der Waals surface area contributed by atoms with E-state index in [1.807, 2.05) is 11.3 Å². The van der Waals surface area contributed by atoms with E-state index in [9.17, 15) is 0 Å². The quantitative estimate of drug-likeness (QED) is 0.798. The number of nitrogens with zero attached hydrogens (tertiary/aromatic N) is 1. The molecule has 0 aliphatic heterocycles. The van der Waals surface area contributed by atoms with E-state index in [0.29, 0.717) is 5.92 Å². The van der Waals surface area contributed by atoms with Crippen LogP contribution in [-0.2, 0) is 19.6 Å². The third-order valence-corrected chi connectivity index (χ3v) is 4.23. The van der Waals surface area contributed by atoms with E-state index in [4.69, 9.17) is 4.42 Å². The lowest BCUT2D eigenvalue weighted by molar-refractivity contribution is 0.319. The van der Waals surface area contributed by atoms with Gasteiger partial charge in [0.1, 0.15) is 11.5 Å². The summed E-state index contributed by atoms with van der Waals surface area (Å²) in [6, 6.07) is 6.48. The van der Waals surface area contributed by atoms with Crippen LogP contribution in [0.2, 0.25) is 0 Å². The Morgan fingerprint density at radius 1 is 1.33 bits per heavy atom. The van der Waals surface area contributed by atoms with E-state index < -0.39 is 0 Å². The molecule has 0 spiro atoms. The van der Waals surface area contributed by atoms with Gasteiger partial charge >= 0.3 is 0 Å². The van der Waals surface area contributed by atoms with Crippen molar-refractivity contribution in [3.63, 3.8) is 0 Å². The first-order valence-electron chi connectivity index (χ1n) is 7.54. The van der Waals surface area contributed by atoms with Gasteiger partial charge in [-0.3, -0.25) is 4.90 Å². The minimum absolute atomic E-state index is 0.664. The minimum Gasteiger partial charge on any atom is -0.465 e. The molecule has 0 saturated heterocycles. The number of thiophene rings is 1. The lowest BCUT2D eigenvalue weighted by atomic mass is 10.2. The summed E-state index contributed by atoms with van der Waals surface area (Å²) in [4.78, 5) is 3.73. The second-order valence-corrected chi connectivity index (χ2v) is 7.10. The fourth-order valence-corrected chi connectivity index (χ4v) is 3.12. The SMILES string of the molecule is Cc1oc(CNCC(C)C)cc1CN(C)Cc1cccs1. The van der Waals surface area contributed by atoms with Crippen LogP contribution in [0.1, 0.15) is 35.8 Å². The van der Waals surface area contributed by atoms with Crippen LogP contribution in [0.4, 0.5) is 0 Å². The van der Waals surface area contributed by atoms with Crippen molar-refractivity contribution in [1.82, 2.24) is 10.2 Å². The molecule has 0 unspecified atom stereocenters. The molecule has 0 atom stereocenters. The van der Waals surface area contributed by atoms with Gasteiger partial charge in [-0.2, -0.15) is 0 Å². The molecule has 2 aromatic rings. The summed E-state index contributed by atoms with van der Waals surface area (Å²) in [5.41, 5.74) is 1.29. The van der Waals surface area contributed by atoms with Crippen LogP contribution in [0, 0.1) is 12.8 Å². The van der Waals surface area contributed by atoms with Crippen LogP contribution in [0.5, 0.6) is 0 Å². The van der Waals surface area contributed by atoms with Crippen LogP contribution < -0.4 is 5.32 Å². The number of hydrogen-bond donors (Lipinski definition) is 1. The molecule has 116 valence electrons. The molecule has 2 heterocycles. The van der Waals surface area contributed by atoms with Crippen molar-refractivity contribution in [3.8, 4) is 0 Å². The van der Waals surface area contributed by atoms with Crippen molar-refractivity contribution in [1.29, 1.82) is 0 Å². The van der Waals surface area contributed by atoms with E-state index in [2.05, 4.69) is 61.6 Å². The van der Waals surface area contributed by atoms with Crippen molar-refractivity contribution in [2.24, 2.45) is 5.92 Å². The molecule has 21 heavy (non-hydrogen) atoms. The Hall–Kier alpha value is -1.10. The van der Waals surface area contributed by atoms with Crippen LogP contribution in [0.25, 0.3) is 0 Å². The van der Waals surface area contributed by atoms with Gasteiger partial charge in [0.15, 0.2) is 0 Å². The highest BCUT2D eigenvalue weighted by Crippen LogP contribution is 2.18. The van der Waals surface area contributed by atoms with E-state index >= 15 is 0 Å². The van der Waals surface area contributed by atoms with Crippen molar-refractivity contribution in [2.75, 3.05) is 13.6 Å². The van der Waals surface area contributed by atoms with Crippen LogP contribution in [0.3, 0.4) is 0 Å². The second-order valence-electron chi connectivity index (χ2n) is 6.07.